The summed E-state index contributed by atoms with van der Waals surface area (Å²) in [7, 11) is 0. The average molecular weight is 2120 g/mol. The van der Waals surface area contributed by atoms with Crippen molar-refractivity contribution in [2.45, 2.75) is 338 Å². The molecule has 19 amide bonds. The maximum atomic E-state index is 14.9. The third-order valence-corrected chi connectivity index (χ3v) is 24.3. The number of aliphatic hydroxyl groups is 2. The minimum atomic E-state index is -2.05. The molecule has 1 fully saturated rings. The number of likely N-dealkylation sites (tertiary alicyclic amines) is 1. The topological polar surface area (TPSA) is 926 Å². The number of aliphatic carboxylic acids is 6. The number of aliphatic hydroxyl groups excluding tert-OH is 2. The fourth-order valence-corrected chi connectivity index (χ4v) is 15.1. The van der Waals surface area contributed by atoms with Crippen molar-refractivity contribution in [1.82, 2.24) is 95.3 Å². The number of hydrogen-bond donors (Lipinski definition) is 30. The molecule has 0 unspecified atom stereocenters. The lowest BCUT2D eigenvalue weighted by molar-refractivity contribution is -0.145. The highest BCUT2D eigenvalue weighted by Crippen LogP contribution is 2.23. The van der Waals surface area contributed by atoms with Gasteiger partial charge in [0.05, 0.1) is 31.7 Å². The van der Waals surface area contributed by atoms with Crippen LogP contribution < -0.4 is 119 Å². The normalized spacial score (nSPS) is 16.2. The van der Waals surface area contributed by atoms with E-state index in [4.69, 9.17) is 28.7 Å². The summed E-state index contributed by atoms with van der Waals surface area (Å²) in [4.78, 5) is 337. The summed E-state index contributed by atoms with van der Waals surface area (Å²) < 4.78 is 0. The Morgan fingerprint density at radius 3 is 1.13 bits per heavy atom. The second-order valence-corrected chi connectivity index (χ2v) is 36.7. The van der Waals surface area contributed by atoms with E-state index in [1.54, 1.807) is 51.1 Å². The molecule has 0 saturated carbocycles. The largest absolute Gasteiger partial charge is 0.481 e. The molecule has 2 rings (SSSR count). The van der Waals surface area contributed by atoms with Gasteiger partial charge in [-0.1, -0.05) is 84.7 Å². The first-order chi connectivity index (χ1) is 70.1. The molecule has 0 aromatic heterocycles. The van der Waals surface area contributed by atoms with E-state index >= 15 is 0 Å². The van der Waals surface area contributed by atoms with E-state index in [1.807, 2.05) is 0 Å². The van der Waals surface area contributed by atoms with Crippen LogP contribution in [0.2, 0.25) is 0 Å². The Labute approximate surface area is 859 Å². The van der Waals surface area contributed by atoms with Crippen LogP contribution >= 0.6 is 0 Å². The smallest absolute Gasteiger partial charge is 0.326 e. The number of benzene rings is 1. The van der Waals surface area contributed by atoms with Crippen LogP contribution in [0, 0.1) is 17.8 Å². The van der Waals surface area contributed by atoms with Gasteiger partial charge in [0, 0.05) is 45.1 Å². The molecule has 1 aliphatic rings. The third-order valence-electron chi connectivity index (χ3n) is 24.3. The first kappa shape index (κ1) is 131. The second-order valence-electron chi connectivity index (χ2n) is 36.7. The number of amides is 19. The number of carbonyl (C=O) groups excluding carboxylic acids is 19. The molecule has 0 radical (unpaired) electrons. The summed E-state index contributed by atoms with van der Waals surface area (Å²) in [6.07, 6.45) is -7.79. The minimum absolute atomic E-state index is 0.0623. The van der Waals surface area contributed by atoms with E-state index in [0.29, 0.717) is 18.4 Å². The number of nitrogens with two attached hydrogens (primary N) is 5. The number of nitrogens with one attached hydrogen (secondary N) is 17. The summed E-state index contributed by atoms with van der Waals surface area (Å²) in [6.45, 7) is 10.9. The van der Waals surface area contributed by atoms with Crippen LogP contribution in [0.1, 0.15) is 222 Å². The maximum Gasteiger partial charge on any atom is 0.326 e. The lowest BCUT2D eigenvalue weighted by Gasteiger charge is -2.33. The highest BCUT2D eigenvalue weighted by molar-refractivity contribution is 6.03. The number of primary amides is 1. The van der Waals surface area contributed by atoms with Crippen molar-refractivity contribution in [3.63, 3.8) is 0 Å². The first-order valence-electron chi connectivity index (χ1n) is 49.3. The molecule has 149 heavy (non-hydrogen) atoms. The molecule has 1 heterocycles. The Kier molecular flexibility index (Phi) is 59.9. The number of carbonyl (C=O) groups is 25. The van der Waals surface area contributed by atoms with Gasteiger partial charge in [0.15, 0.2) is 0 Å². The van der Waals surface area contributed by atoms with Crippen LogP contribution in [0.15, 0.2) is 30.3 Å². The number of carboxylic acid groups (broad SMARTS) is 6. The monoisotopic (exact) mass is 2120 g/mol. The van der Waals surface area contributed by atoms with Gasteiger partial charge >= 0.3 is 35.8 Å². The molecule has 56 heteroatoms. The van der Waals surface area contributed by atoms with Crippen molar-refractivity contribution in [1.29, 1.82) is 0 Å². The Morgan fingerprint density at radius 2 is 0.725 bits per heavy atom. The van der Waals surface area contributed by atoms with Crippen LogP contribution in [0.5, 0.6) is 0 Å². The molecule has 1 aliphatic heterocycles. The zero-order valence-corrected chi connectivity index (χ0v) is 85.1. The molecule has 1 aromatic carbocycles. The van der Waals surface area contributed by atoms with Crippen LogP contribution in [-0.2, 0) is 126 Å². The van der Waals surface area contributed by atoms with Crippen LogP contribution in [-0.4, -0.2) is 348 Å². The molecule has 1 saturated heterocycles. The van der Waals surface area contributed by atoms with Crippen molar-refractivity contribution in [2.24, 2.45) is 46.4 Å². The van der Waals surface area contributed by atoms with Gasteiger partial charge in [0.2, 0.25) is 112 Å². The molecular weight excluding hydrogens is 1970 g/mol. The molecule has 0 aliphatic carbocycles. The zero-order valence-electron chi connectivity index (χ0n) is 85.1. The van der Waals surface area contributed by atoms with E-state index < -0.39 is 352 Å². The van der Waals surface area contributed by atoms with Crippen molar-refractivity contribution >= 4 is 148 Å². The fraction of sp³-hybridized carbons (Fsp3) is 0.667. The van der Waals surface area contributed by atoms with Gasteiger partial charge in [0.25, 0.3) is 0 Å². The number of hydrogen-bond acceptors (Lipinski definition) is 31. The van der Waals surface area contributed by atoms with E-state index in [9.17, 15) is 161 Å². The lowest BCUT2D eigenvalue weighted by atomic mass is 9.96. The van der Waals surface area contributed by atoms with Gasteiger partial charge in [-0.05, 0) is 166 Å². The molecule has 0 spiro atoms. The van der Waals surface area contributed by atoms with E-state index in [1.165, 1.54) is 20.8 Å². The van der Waals surface area contributed by atoms with Crippen molar-refractivity contribution < 1.29 is 161 Å². The highest BCUT2D eigenvalue weighted by Gasteiger charge is 2.45. The van der Waals surface area contributed by atoms with Crippen molar-refractivity contribution in [3.8, 4) is 0 Å². The summed E-state index contributed by atoms with van der Waals surface area (Å²) in [5, 5.41) is 120. The summed E-state index contributed by atoms with van der Waals surface area (Å²) >= 11 is 0. The van der Waals surface area contributed by atoms with E-state index in [0.717, 1.165) is 25.7 Å². The Bertz CT molecular complexity index is 4730. The third kappa shape index (κ3) is 48.5. The number of rotatable bonds is 74. The molecule has 21 atom stereocenters. The molecule has 35 N–H and O–H groups in total. The van der Waals surface area contributed by atoms with Crippen LogP contribution in [0.25, 0.3) is 0 Å². The quantitative estimate of drug-likeness (QED) is 0.0269. The van der Waals surface area contributed by atoms with Gasteiger partial charge in [-0.25, -0.2) is 4.79 Å². The lowest BCUT2D eigenvalue weighted by Crippen LogP contribution is -2.62. The summed E-state index contributed by atoms with van der Waals surface area (Å²) in [5.41, 5.74) is 28.4. The molecular formula is C93H151N23O33. The zero-order chi connectivity index (χ0) is 113. The summed E-state index contributed by atoms with van der Waals surface area (Å²) in [5.74, 6) is -31.9. The fourth-order valence-electron chi connectivity index (χ4n) is 15.1. The first-order valence-corrected chi connectivity index (χ1v) is 49.3. The molecule has 836 valence electrons. The van der Waals surface area contributed by atoms with Gasteiger partial charge in [0.1, 0.15) is 103 Å². The predicted molar refractivity (Wildman–Crippen MR) is 525 cm³/mol. The van der Waals surface area contributed by atoms with Gasteiger partial charge in [-0.15, -0.1) is 0 Å². The average Bonchev–Trinajstić information content (AvgIpc) is 1.69. The summed E-state index contributed by atoms with van der Waals surface area (Å²) in [6, 6.07) is -21.7. The van der Waals surface area contributed by atoms with Gasteiger partial charge < -0.3 is 165 Å². The predicted octanol–water partition coefficient (Wildman–Crippen LogP) is -8.75. The Morgan fingerprint density at radius 1 is 0.369 bits per heavy atom. The van der Waals surface area contributed by atoms with E-state index in [-0.39, 0.29) is 116 Å². The highest BCUT2D eigenvalue weighted by atomic mass is 16.4. The molecule has 0 bridgehead atoms. The Balaban J connectivity index is 2.42. The minimum Gasteiger partial charge on any atom is -0.481 e. The number of nitrogens with zero attached hydrogens (tertiary/aromatic N) is 1. The standard InChI is InChI=1S/C93H151N23O33/c1-10-47(5)73(113-84(139)55(25-16-19-39-95)106-82(137)58(31-36-69(125)126)108-81(136)57(30-35-68(123)124)104-76(131)49(7)100-79(134)56(29-34-67(121)122)105-78(133)53(97)28-33-65(98)119)89(144)99-44-66(120)102-63(45-117)87(142)114-74(48(6)11-2)90(145)111-61(42-52-22-13-12-14-23-52)85(140)112-72(46(3)4)92(147)116-41-21-27-64(116)88(143)110-62(43-71(129)130)86(141)115-75(51(9)118)91(146)101-50(8)77(132)103-54(24-15-18-38-94)80(135)107-59(32-37-70(127)128)83(138)109-60(93(148)149)26-17-20-40-96/h12-14,22-23,46-51,53-64,72-75,117-118H,10-11,15-21,24-45,94-97H2,1-9H3,(H2,98,119)(H,99,144)(H,100,134)(H,101,146)(H,102,120)(H,103,132)(H,104,131)(H,105,133)(H,106,137)(H,107,135)(H,108,136)(H,109,138)(H,110,143)(H,111,145)(H,112,140)(H,113,139)(H,114,142)(H,115,141)(H,121,122)(H,123,124)(H,125,126)(H,127,128)(H,129,130)(H,148,149)/t47-,48-,49-,50-,51+,53-,54-,55-,56-,57-,58-,59-,60-,61-,62-,63-,64-,72-,73-,74-,75-/m0/s1. The molecule has 56 nitrogen and oxygen atoms in total. The maximum absolute atomic E-state index is 14.9. The van der Waals surface area contributed by atoms with E-state index in [2.05, 4.69) is 90.4 Å². The molecule has 1 aromatic rings. The van der Waals surface area contributed by atoms with Crippen LogP contribution in [0.3, 0.4) is 0 Å². The SMILES string of the molecule is CC[C@H](C)[C@H](NC(=O)[C@H](CCCCN)NC(=O)[C@H](CCC(=O)O)NC(=O)[C@H](CCC(=O)O)NC(=O)[C@H](C)NC(=O)[C@H](CCC(=O)O)NC(=O)[C@@H](N)CCC(N)=O)C(=O)NCC(=O)N[C@@H](CO)C(=O)N[C@H](C(=O)N[C@@H](Cc1ccccc1)C(=O)N[C@H](C(=O)N1CCC[C@H]1C(=O)N[C@@H](CC(=O)O)C(=O)N[C@H](C(=O)N[C@@H](C)C(=O)N[C@@H](CCCCN)C(=O)N[C@@H](CCC(=O)O)C(=O)N[C@@H](CCCCN)C(=O)O)[C@@H](C)O)C(C)C)[C@@H](C)CC. The van der Waals surface area contributed by atoms with Crippen LogP contribution in [0.4, 0.5) is 0 Å². The second kappa shape index (κ2) is 68.3. The van der Waals surface area contributed by atoms with Gasteiger partial charge in [-0.3, -0.25) is 115 Å². The number of unbranched alkanes of at least 4 members (excludes halogenated alkanes) is 3. The van der Waals surface area contributed by atoms with Crippen molar-refractivity contribution in [2.75, 3.05) is 39.3 Å². The van der Waals surface area contributed by atoms with Gasteiger partial charge in [-0.2, -0.15) is 0 Å². The number of carboxylic acids is 6. The van der Waals surface area contributed by atoms with Crippen molar-refractivity contribution in [3.05, 3.63) is 35.9 Å². The Hall–Kier alpha value is -14.3.